The maximum Gasteiger partial charge on any atom is 0.243 e. The van der Waals surface area contributed by atoms with Gasteiger partial charge in [-0.15, -0.1) is 0 Å². The standard InChI is InChI=1S/C21H26N2O3S/c1-22(17-19-7-3-2-4-8-19)21(24)14-11-18-9-12-20(13-10-18)27(25,26)23-15-5-6-16-23/h2-4,7-10,12-13H,5-6,11,14-17H2,1H3. The fourth-order valence-corrected chi connectivity index (χ4v) is 4.81. The largest absolute Gasteiger partial charge is 0.341 e. The van der Waals surface area contributed by atoms with Crippen molar-refractivity contribution in [3.8, 4) is 0 Å². The van der Waals surface area contributed by atoms with E-state index in [2.05, 4.69) is 0 Å². The van der Waals surface area contributed by atoms with Crippen LogP contribution in [0.1, 0.15) is 30.4 Å². The fraction of sp³-hybridized carbons (Fsp3) is 0.381. The number of aryl methyl sites for hydroxylation is 1. The zero-order valence-electron chi connectivity index (χ0n) is 15.7. The number of sulfonamides is 1. The number of hydrogen-bond acceptors (Lipinski definition) is 3. The van der Waals surface area contributed by atoms with E-state index in [1.807, 2.05) is 42.5 Å². The first-order chi connectivity index (χ1) is 13.0. The molecule has 1 aliphatic rings. The third kappa shape index (κ3) is 4.96. The Balaban J connectivity index is 1.54. The van der Waals surface area contributed by atoms with Gasteiger partial charge >= 0.3 is 0 Å². The van der Waals surface area contributed by atoms with E-state index in [0.29, 0.717) is 37.4 Å². The quantitative estimate of drug-likeness (QED) is 0.735. The first-order valence-electron chi connectivity index (χ1n) is 9.34. The molecule has 0 aliphatic carbocycles. The number of amides is 1. The molecule has 0 aromatic heterocycles. The Kier molecular flexibility index (Phi) is 6.29. The van der Waals surface area contributed by atoms with Crippen LogP contribution in [0.3, 0.4) is 0 Å². The van der Waals surface area contributed by atoms with Gasteiger partial charge in [-0.25, -0.2) is 8.42 Å². The van der Waals surface area contributed by atoms with E-state index in [1.165, 1.54) is 0 Å². The van der Waals surface area contributed by atoms with Crippen molar-refractivity contribution >= 4 is 15.9 Å². The van der Waals surface area contributed by atoms with Gasteiger partial charge in [-0.05, 0) is 42.5 Å². The predicted molar refractivity (Wildman–Crippen MR) is 106 cm³/mol. The summed E-state index contributed by atoms with van der Waals surface area (Å²) in [5.41, 5.74) is 2.07. The lowest BCUT2D eigenvalue weighted by Crippen LogP contribution is -2.27. The van der Waals surface area contributed by atoms with Gasteiger partial charge in [0.25, 0.3) is 0 Å². The lowest BCUT2D eigenvalue weighted by Gasteiger charge is -2.17. The summed E-state index contributed by atoms with van der Waals surface area (Å²) in [5.74, 6) is 0.0765. The lowest BCUT2D eigenvalue weighted by molar-refractivity contribution is -0.130. The summed E-state index contributed by atoms with van der Waals surface area (Å²) in [6, 6.07) is 16.8. The summed E-state index contributed by atoms with van der Waals surface area (Å²) >= 11 is 0. The van der Waals surface area contributed by atoms with E-state index in [1.54, 1.807) is 28.4 Å². The number of hydrogen-bond donors (Lipinski definition) is 0. The minimum absolute atomic E-state index is 0.0765. The van der Waals surface area contributed by atoms with E-state index >= 15 is 0 Å². The number of nitrogens with zero attached hydrogens (tertiary/aromatic N) is 2. The second kappa shape index (κ2) is 8.67. The third-order valence-electron chi connectivity index (χ3n) is 4.94. The van der Waals surface area contributed by atoms with E-state index in [-0.39, 0.29) is 5.91 Å². The van der Waals surface area contributed by atoms with Gasteiger partial charge in [0, 0.05) is 33.1 Å². The van der Waals surface area contributed by atoms with Gasteiger partial charge in [-0.2, -0.15) is 4.31 Å². The van der Waals surface area contributed by atoms with E-state index in [0.717, 1.165) is 24.0 Å². The van der Waals surface area contributed by atoms with Crippen molar-refractivity contribution in [2.45, 2.75) is 37.1 Å². The normalized spacial score (nSPS) is 15.0. The van der Waals surface area contributed by atoms with Crippen LogP contribution in [0.2, 0.25) is 0 Å². The van der Waals surface area contributed by atoms with Crippen LogP contribution in [0.4, 0.5) is 0 Å². The predicted octanol–water partition coefficient (Wildman–Crippen LogP) is 3.06. The molecule has 0 N–H and O–H groups in total. The van der Waals surface area contributed by atoms with Crippen LogP contribution in [0.5, 0.6) is 0 Å². The van der Waals surface area contributed by atoms with Crippen LogP contribution in [-0.4, -0.2) is 43.7 Å². The van der Waals surface area contributed by atoms with E-state index in [9.17, 15) is 13.2 Å². The summed E-state index contributed by atoms with van der Waals surface area (Å²) in [7, 11) is -1.57. The van der Waals surface area contributed by atoms with Crippen molar-refractivity contribution in [3.63, 3.8) is 0 Å². The summed E-state index contributed by atoms with van der Waals surface area (Å²) in [6.45, 7) is 1.80. The maximum absolute atomic E-state index is 12.5. The lowest BCUT2D eigenvalue weighted by atomic mass is 10.1. The summed E-state index contributed by atoms with van der Waals surface area (Å²) in [5, 5.41) is 0. The number of carbonyl (C=O) groups is 1. The molecule has 0 bridgehead atoms. The van der Waals surface area contributed by atoms with E-state index in [4.69, 9.17) is 0 Å². The Morgan fingerprint density at radius 2 is 1.59 bits per heavy atom. The third-order valence-corrected chi connectivity index (χ3v) is 6.85. The number of carbonyl (C=O) groups excluding carboxylic acids is 1. The smallest absolute Gasteiger partial charge is 0.243 e. The van der Waals surface area contributed by atoms with Crippen LogP contribution in [-0.2, 0) is 27.8 Å². The van der Waals surface area contributed by atoms with Crippen LogP contribution < -0.4 is 0 Å². The molecule has 1 saturated heterocycles. The highest BCUT2D eigenvalue weighted by atomic mass is 32.2. The zero-order valence-corrected chi connectivity index (χ0v) is 16.5. The molecule has 0 unspecified atom stereocenters. The molecule has 1 fully saturated rings. The van der Waals surface area contributed by atoms with Crippen LogP contribution in [0.25, 0.3) is 0 Å². The molecule has 2 aromatic rings. The maximum atomic E-state index is 12.5. The molecule has 1 heterocycles. The molecule has 3 rings (SSSR count). The highest BCUT2D eigenvalue weighted by molar-refractivity contribution is 7.89. The monoisotopic (exact) mass is 386 g/mol. The van der Waals surface area contributed by atoms with Crippen molar-refractivity contribution in [2.75, 3.05) is 20.1 Å². The van der Waals surface area contributed by atoms with Crippen LogP contribution in [0, 0.1) is 0 Å². The first kappa shape index (κ1) is 19.6. The Morgan fingerprint density at radius 3 is 2.22 bits per heavy atom. The Morgan fingerprint density at radius 1 is 0.963 bits per heavy atom. The second-order valence-electron chi connectivity index (χ2n) is 6.99. The van der Waals surface area contributed by atoms with E-state index < -0.39 is 10.0 Å². The van der Waals surface area contributed by atoms with Gasteiger partial charge in [-0.1, -0.05) is 42.5 Å². The molecular formula is C21H26N2O3S. The van der Waals surface area contributed by atoms with Crippen molar-refractivity contribution in [1.29, 1.82) is 0 Å². The minimum atomic E-state index is -3.38. The topological polar surface area (TPSA) is 57.7 Å². The Labute approximate surface area is 161 Å². The summed E-state index contributed by atoms with van der Waals surface area (Å²) < 4.78 is 26.6. The molecule has 5 nitrogen and oxygen atoms in total. The molecule has 0 atom stereocenters. The Bertz CT molecular complexity index is 858. The van der Waals surface area contributed by atoms with Crippen LogP contribution in [0.15, 0.2) is 59.5 Å². The summed E-state index contributed by atoms with van der Waals surface area (Å²) in [6.07, 6.45) is 2.86. The highest BCUT2D eigenvalue weighted by Gasteiger charge is 2.26. The average Bonchev–Trinajstić information content (AvgIpc) is 3.23. The molecule has 6 heteroatoms. The molecule has 0 spiro atoms. The zero-order chi connectivity index (χ0) is 19.3. The molecule has 144 valence electrons. The van der Waals surface area contributed by atoms with Gasteiger partial charge in [0.05, 0.1) is 4.90 Å². The summed E-state index contributed by atoms with van der Waals surface area (Å²) in [4.78, 5) is 14.4. The molecule has 1 amide bonds. The van der Waals surface area contributed by atoms with Gasteiger partial charge in [-0.3, -0.25) is 4.79 Å². The minimum Gasteiger partial charge on any atom is -0.341 e. The van der Waals surface area contributed by atoms with Gasteiger partial charge < -0.3 is 4.90 Å². The van der Waals surface area contributed by atoms with Crippen molar-refractivity contribution in [1.82, 2.24) is 9.21 Å². The SMILES string of the molecule is CN(Cc1ccccc1)C(=O)CCc1ccc(S(=O)(=O)N2CCCC2)cc1. The molecule has 0 saturated carbocycles. The molecule has 1 aliphatic heterocycles. The molecular weight excluding hydrogens is 360 g/mol. The first-order valence-corrected chi connectivity index (χ1v) is 10.8. The molecule has 0 radical (unpaired) electrons. The van der Waals surface area contributed by atoms with Gasteiger partial charge in [0.2, 0.25) is 15.9 Å². The van der Waals surface area contributed by atoms with Crippen molar-refractivity contribution in [2.24, 2.45) is 0 Å². The molecule has 2 aromatic carbocycles. The van der Waals surface area contributed by atoms with Crippen molar-refractivity contribution in [3.05, 3.63) is 65.7 Å². The number of rotatable bonds is 7. The fourth-order valence-electron chi connectivity index (χ4n) is 3.29. The average molecular weight is 387 g/mol. The van der Waals surface area contributed by atoms with Gasteiger partial charge in [0.15, 0.2) is 0 Å². The van der Waals surface area contributed by atoms with Crippen molar-refractivity contribution < 1.29 is 13.2 Å². The Hall–Kier alpha value is -2.18. The number of benzene rings is 2. The highest BCUT2D eigenvalue weighted by Crippen LogP contribution is 2.21. The van der Waals surface area contributed by atoms with Crippen LogP contribution >= 0.6 is 0 Å². The second-order valence-corrected chi connectivity index (χ2v) is 8.93. The molecule has 27 heavy (non-hydrogen) atoms. The van der Waals surface area contributed by atoms with Gasteiger partial charge in [0.1, 0.15) is 0 Å².